The van der Waals surface area contributed by atoms with Gasteiger partial charge in [-0.15, -0.1) is 0 Å². The Hall–Kier alpha value is -3.22. The molecule has 35 heavy (non-hydrogen) atoms. The second-order valence-electron chi connectivity index (χ2n) is 8.49. The average molecular weight is 507 g/mol. The lowest BCUT2D eigenvalue weighted by Crippen LogP contribution is -2.19. The number of amides is 1. The van der Waals surface area contributed by atoms with Crippen LogP contribution in [0.5, 0.6) is 11.5 Å². The number of amidine groups is 1. The second-order valence-corrected chi connectivity index (χ2v) is 9.93. The predicted molar refractivity (Wildman–Crippen MR) is 145 cm³/mol. The zero-order valence-electron chi connectivity index (χ0n) is 20.4. The van der Waals surface area contributed by atoms with Crippen molar-refractivity contribution in [2.24, 2.45) is 4.99 Å². The monoisotopic (exact) mass is 506 g/mol. The van der Waals surface area contributed by atoms with Crippen LogP contribution in [-0.4, -0.2) is 18.2 Å². The molecule has 3 aromatic rings. The van der Waals surface area contributed by atoms with E-state index < -0.39 is 0 Å². The second kappa shape index (κ2) is 10.6. The van der Waals surface area contributed by atoms with Crippen LogP contribution in [0, 0.1) is 27.7 Å². The van der Waals surface area contributed by atoms with Crippen molar-refractivity contribution < 1.29 is 14.3 Å². The molecule has 5 nitrogen and oxygen atoms in total. The lowest BCUT2D eigenvalue weighted by atomic mass is 10.0. The van der Waals surface area contributed by atoms with Gasteiger partial charge >= 0.3 is 0 Å². The van der Waals surface area contributed by atoms with E-state index in [1.54, 1.807) is 13.2 Å². The van der Waals surface area contributed by atoms with Crippen molar-refractivity contribution in [3.05, 3.63) is 91.8 Å². The number of methoxy groups -OCH3 is 1. The molecule has 0 aromatic heterocycles. The topological polar surface area (TPSA) is 59.9 Å². The lowest BCUT2D eigenvalue weighted by Gasteiger charge is -2.15. The lowest BCUT2D eigenvalue weighted by molar-refractivity contribution is -0.115. The van der Waals surface area contributed by atoms with Crippen molar-refractivity contribution in [1.29, 1.82) is 0 Å². The third-order valence-electron chi connectivity index (χ3n) is 5.73. The standard InChI is InChI=1S/C28H27ClN2O3S/c1-16-10-18(3)22(19(4)11-16)15-34-24-9-7-20(12-25(24)33-5)13-26-27(32)31-28(35-26)30-21-8-6-17(2)23(29)14-21/h6-14H,15H2,1-5H3,(H,30,31,32)/b26-13-. The highest BCUT2D eigenvalue weighted by atomic mass is 35.5. The average Bonchev–Trinajstić information content (AvgIpc) is 3.14. The molecule has 1 heterocycles. The molecular formula is C28H27ClN2O3S. The fraction of sp³-hybridized carbons (Fsp3) is 0.214. The van der Waals surface area contributed by atoms with Gasteiger partial charge in [-0.3, -0.25) is 4.79 Å². The normalized spacial score (nSPS) is 15.5. The van der Waals surface area contributed by atoms with Gasteiger partial charge in [0.2, 0.25) is 0 Å². The van der Waals surface area contributed by atoms with E-state index in [0.29, 0.717) is 38.9 Å². The number of rotatable bonds is 6. The van der Waals surface area contributed by atoms with Crippen molar-refractivity contribution >= 4 is 46.2 Å². The molecule has 7 heteroatoms. The van der Waals surface area contributed by atoms with Crippen LogP contribution in [0.2, 0.25) is 5.02 Å². The van der Waals surface area contributed by atoms with Crippen LogP contribution in [0.25, 0.3) is 6.08 Å². The summed E-state index contributed by atoms with van der Waals surface area (Å²) >= 11 is 7.47. The fourth-order valence-corrected chi connectivity index (χ4v) is 4.90. The fourth-order valence-electron chi connectivity index (χ4n) is 3.88. The maximum Gasteiger partial charge on any atom is 0.264 e. The number of aryl methyl sites for hydroxylation is 4. The maximum atomic E-state index is 12.5. The quantitative estimate of drug-likeness (QED) is 0.364. The number of hydrogen-bond acceptors (Lipinski definition) is 5. The minimum Gasteiger partial charge on any atom is -0.493 e. The summed E-state index contributed by atoms with van der Waals surface area (Å²) in [6.45, 7) is 8.68. The van der Waals surface area contributed by atoms with Crippen LogP contribution < -0.4 is 14.8 Å². The van der Waals surface area contributed by atoms with Crippen LogP contribution in [0.3, 0.4) is 0 Å². The Morgan fingerprint density at radius 1 is 0.971 bits per heavy atom. The third-order valence-corrected chi connectivity index (χ3v) is 7.05. The Kier molecular flexibility index (Phi) is 7.53. The van der Waals surface area contributed by atoms with E-state index in [1.165, 1.54) is 34.0 Å². The SMILES string of the molecule is COc1cc(/C=C2\SC(=Nc3ccc(C)c(Cl)c3)NC2=O)ccc1OCc1c(C)cc(C)cc1C. The summed E-state index contributed by atoms with van der Waals surface area (Å²) in [5, 5.41) is 3.96. The summed E-state index contributed by atoms with van der Waals surface area (Å²) < 4.78 is 11.7. The van der Waals surface area contributed by atoms with E-state index in [0.717, 1.165) is 11.1 Å². The molecule has 1 aliphatic rings. The van der Waals surface area contributed by atoms with Crippen molar-refractivity contribution in [3.8, 4) is 11.5 Å². The molecule has 180 valence electrons. The molecule has 0 radical (unpaired) electrons. The van der Waals surface area contributed by atoms with Crippen LogP contribution in [0.1, 0.15) is 33.4 Å². The van der Waals surface area contributed by atoms with Crippen LogP contribution in [0.4, 0.5) is 5.69 Å². The van der Waals surface area contributed by atoms with Crippen molar-refractivity contribution in [1.82, 2.24) is 5.32 Å². The van der Waals surface area contributed by atoms with Gasteiger partial charge in [0.05, 0.1) is 17.7 Å². The first-order valence-electron chi connectivity index (χ1n) is 11.2. The first kappa shape index (κ1) is 24.9. The Bertz CT molecular complexity index is 1340. The molecular weight excluding hydrogens is 480 g/mol. The number of nitrogens with one attached hydrogen (secondary N) is 1. The zero-order chi connectivity index (χ0) is 25.1. The summed E-state index contributed by atoms with van der Waals surface area (Å²) in [7, 11) is 1.61. The van der Waals surface area contributed by atoms with E-state index in [9.17, 15) is 4.79 Å². The van der Waals surface area contributed by atoms with Crippen molar-refractivity contribution in [2.75, 3.05) is 7.11 Å². The van der Waals surface area contributed by atoms with E-state index in [1.807, 2.05) is 43.3 Å². The number of aliphatic imine (C=N–C) groups is 1. The first-order chi connectivity index (χ1) is 16.7. The van der Waals surface area contributed by atoms with Gasteiger partial charge in [-0.25, -0.2) is 4.99 Å². The van der Waals surface area contributed by atoms with Crippen LogP contribution in [-0.2, 0) is 11.4 Å². The van der Waals surface area contributed by atoms with Gasteiger partial charge in [0.1, 0.15) is 6.61 Å². The molecule has 1 fully saturated rings. The van der Waals surface area contributed by atoms with Gasteiger partial charge in [0.25, 0.3) is 5.91 Å². The summed E-state index contributed by atoms with van der Waals surface area (Å²) in [6, 6.07) is 15.5. The molecule has 4 rings (SSSR count). The van der Waals surface area contributed by atoms with Gasteiger partial charge in [-0.05, 0) is 97.6 Å². The molecule has 0 saturated carbocycles. The number of halogens is 1. The van der Waals surface area contributed by atoms with Gasteiger partial charge in [0.15, 0.2) is 16.7 Å². The minimum atomic E-state index is -0.198. The largest absolute Gasteiger partial charge is 0.493 e. The van der Waals surface area contributed by atoms with E-state index >= 15 is 0 Å². The number of carbonyl (C=O) groups is 1. The Morgan fingerprint density at radius 3 is 2.40 bits per heavy atom. The van der Waals surface area contributed by atoms with Gasteiger partial charge < -0.3 is 14.8 Å². The number of benzene rings is 3. The molecule has 0 unspecified atom stereocenters. The Balaban J connectivity index is 1.51. The molecule has 0 bridgehead atoms. The number of carbonyl (C=O) groups excluding carboxylic acids is 1. The van der Waals surface area contributed by atoms with E-state index in [-0.39, 0.29) is 5.91 Å². The molecule has 0 spiro atoms. The molecule has 0 aliphatic carbocycles. The summed E-state index contributed by atoms with van der Waals surface area (Å²) in [4.78, 5) is 17.6. The first-order valence-corrected chi connectivity index (χ1v) is 12.4. The molecule has 0 atom stereocenters. The summed E-state index contributed by atoms with van der Waals surface area (Å²) in [5.41, 5.74) is 7.31. The number of ether oxygens (including phenoxy) is 2. The van der Waals surface area contributed by atoms with Crippen LogP contribution >= 0.6 is 23.4 Å². The summed E-state index contributed by atoms with van der Waals surface area (Å²) in [6.07, 6.45) is 1.81. The Morgan fingerprint density at radius 2 is 1.71 bits per heavy atom. The summed E-state index contributed by atoms with van der Waals surface area (Å²) in [5.74, 6) is 1.06. The molecule has 1 N–H and O–H groups in total. The van der Waals surface area contributed by atoms with Crippen molar-refractivity contribution in [2.45, 2.75) is 34.3 Å². The highest BCUT2D eigenvalue weighted by Crippen LogP contribution is 2.33. The number of hydrogen-bond donors (Lipinski definition) is 1. The van der Waals surface area contributed by atoms with Gasteiger partial charge in [0, 0.05) is 5.02 Å². The highest BCUT2D eigenvalue weighted by Gasteiger charge is 2.24. The maximum absolute atomic E-state index is 12.5. The third kappa shape index (κ3) is 5.89. The number of thioether (sulfide) groups is 1. The molecule has 1 saturated heterocycles. The van der Waals surface area contributed by atoms with Gasteiger partial charge in [-0.1, -0.05) is 41.4 Å². The zero-order valence-corrected chi connectivity index (χ0v) is 21.9. The van der Waals surface area contributed by atoms with Gasteiger partial charge in [-0.2, -0.15) is 0 Å². The minimum absolute atomic E-state index is 0.198. The smallest absolute Gasteiger partial charge is 0.264 e. The predicted octanol–water partition coefficient (Wildman–Crippen LogP) is 7.05. The molecule has 3 aromatic carbocycles. The Labute approximate surface area is 215 Å². The highest BCUT2D eigenvalue weighted by molar-refractivity contribution is 8.18. The molecule has 1 aliphatic heterocycles. The van der Waals surface area contributed by atoms with E-state index in [4.69, 9.17) is 21.1 Å². The molecule has 1 amide bonds. The number of nitrogens with zero attached hydrogens (tertiary/aromatic N) is 1. The van der Waals surface area contributed by atoms with E-state index in [2.05, 4.69) is 43.2 Å². The van der Waals surface area contributed by atoms with Crippen LogP contribution in [0.15, 0.2) is 58.4 Å². The van der Waals surface area contributed by atoms with Crippen molar-refractivity contribution in [3.63, 3.8) is 0 Å².